The molecule has 0 spiro atoms. The number of rotatable bonds is 12. The number of hydrogen-bond acceptors (Lipinski definition) is 7. The first kappa shape index (κ1) is 20.3. The summed E-state index contributed by atoms with van der Waals surface area (Å²) in [6.07, 6.45) is 7.69. The van der Waals surface area contributed by atoms with Crippen molar-refractivity contribution in [2.75, 3.05) is 20.2 Å². The van der Waals surface area contributed by atoms with Crippen LogP contribution in [0, 0.1) is 5.41 Å². The van der Waals surface area contributed by atoms with E-state index in [-0.39, 0.29) is 6.04 Å². The molecular formula is C15H28N4O3. The van der Waals surface area contributed by atoms with E-state index in [0.29, 0.717) is 18.9 Å². The van der Waals surface area contributed by atoms with Crippen LogP contribution in [0.3, 0.4) is 0 Å². The van der Waals surface area contributed by atoms with Gasteiger partial charge in [-0.05, 0) is 46.5 Å². The number of aliphatic hydroxyl groups is 1. The maximum atomic E-state index is 9.61. The van der Waals surface area contributed by atoms with Crippen LogP contribution in [0.15, 0.2) is 29.8 Å². The normalized spacial score (nSPS) is 15.0. The van der Waals surface area contributed by atoms with Crippen molar-refractivity contribution in [3.63, 3.8) is 0 Å². The van der Waals surface area contributed by atoms with Gasteiger partial charge in [0, 0.05) is 31.5 Å². The van der Waals surface area contributed by atoms with Crippen molar-refractivity contribution in [3.05, 3.63) is 24.6 Å². The first-order valence-electron chi connectivity index (χ1n) is 7.32. The Kier molecular flexibility index (Phi) is 12.0. The zero-order valence-corrected chi connectivity index (χ0v) is 13.8. The molecule has 0 aliphatic carbocycles. The van der Waals surface area contributed by atoms with E-state index in [1.165, 1.54) is 18.6 Å². The zero-order chi connectivity index (χ0) is 16.8. The SMILES string of the molecule is C/C=N/O/C=C/C(=N)/C=C/NC(C)CCN(C)C(O)OCC. The molecule has 126 valence electrons. The first-order chi connectivity index (χ1) is 10.5. The van der Waals surface area contributed by atoms with Crippen LogP contribution in [-0.4, -0.2) is 54.6 Å². The molecule has 0 aromatic rings. The second-order valence-electron chi connectivity index (χ2n) is 4.68. The fraction of sp³-hybridized carbons (Fsp3) is 0.600. The Labute approximate surface area is 132 Å². The molecule has 0 saturated carbocycles. The molecule has 22 heavy (non-hydrogen) atoms. The van der Waals surface area contributed by atoms with Gasteiger partial charge in [0.05, 0.1) is 5.71 Å². The lowest BCUT2D eigenvalue weighted by atomic mass is 10.2. The lowest BCUT2D eigenvalue weighted by Gasteiger charge is -2.24. The second kappa shape index (κ2) is 13.0. The maximum absolute atomic E-state index is 9.61. The van der Waals surface area contributed by atoms with Crippen molar-refractivity contribution in [1.29, 1.82) is 5.41 Å². The fourth-order valence-corrected chi connectivity index (χ4v) is 1.42. The lowest BCUT2D eigenvalue weighted by molar-refractivity contribution is -0.182. The van der Waals surface area contributed by atoms with Gasteiger partial charge in [-0.2, -0.15) is 0 Å². The smallest absolute Gasteiger partial charge is 0.215 e. The zero-order valence-electron chi connectivity index (χ0n) is 13.8. The van der Waals surface area contributed by atoms with E-state index in [9.17, 15) is 5.11 Å². The Balaban J connectivity index is 3.92. The van der Waals surface area contributed by atoms with Gasteiger partial charge in [0.2, 0.25) is 6.41 Å². The molecule has 0 rings (SSSR count). The summed E-state index contributed by atoms with van der Waals surface area (Å²) in [5.74, 6) is 0. The molecule has 3 N–H and O–H groups in total. The van der Waals surface area contributed by atoms with Crippen LogP contribution in [0.1, 0.15) is 27.2 Å². The highest BCUT2D eigenvalue weighted by Crippen LogP contribution is 1.99. The first-order valence-corrected chi connectivity index (χ1v) is 7.32. The van der Waals surface area contributed by atoms with Crippen LogP contribution in [0.4, 0.5) is 0 Å². The van der Waals surface area contributed by atoms with Crippen molar-refractivity contribution in [2.24, 2.45) is 5.16 Å². The number of oxime groups is 1. The predicted octanol–water partition coefficient (Wildman–Crippen LogP) is 1.67. The Hall–Kier alpha value is -1.70. The van der Waals surface area contributed by atoms with Gasteiger partial charge < -0.3 is 25.4 Å². The number of nitrogens with one attached hydrogen (secondary N) is 2. The van der Waals surface area contributed by atoms with Gasteiger partial charge in [0.25, 0.3) is 0 Å². The Morgan fingerprint density at radius 2 is 2.18 bits per heavy atom. The molecule has 2 unspecified atom stereocenters. The summed E-state index contributed by atoms with van der Waals surface area (Å²) >= 11 is 0. The summed E-state index contributed by atoms with van der Waals surface area (Å²) in [6, 6.07) is 0.213. The minimum atomic E-state index is -0.864. The number of nitrogens with zero attached hydrogens (tertiary/aromatic N) is 2. The molecular weight excluding hydrogens is 284 g/mol. The van der Waals surface area contributed by atoms with Crippen molar-refractivity contribution in [1.82, 2.24) is 10.2 Å². The highest BCUT2D eigenvalue weighted by Gasteiger charge is 2.11. The van der Waals surface area contributed by atoms with Gasteiger partial charge >= 0.3 is 0 Å². The lowest BCUT2D eigenvalue weighted by Crippen LogP contribution is -2.37. The third-order valence-corrected chi connectivity index (χ3v) is 2.73. The fourth-order valence-electron chi connectivity index (χ4n) is 1.42. The molecule has 0 aliphatic heterocycles. The molecule has 7 nitrogen and oxygen atoms in total. The standard InChI is InChI=1S/C15H28N4O3/c1-5-18-22-12-9-14(16)7-10-17-13(3)8-11-19(4)15(20)21-6-2/h5,7,9-10,12-13,15-17,20H,6,8,11H2,1-4H3/b10-7+,12-9+,16-14?,18-5+. The van der Waals surface area contributed by atoms with Crippen molar-refractivity contribution in [3.8, 4) is 0 Å². The van der Waals surface area contributed by atoms with Gasteiger partial charge in [0.1, 0.15) is 6.26 Å². The predicted molar refractivity (Wildman–Crippen MR) is 88.7 cm³/mol. The van der Waals surface area contributed by atoms with Crippen LogP contribution in [0.25, 0.3) is 0 Å². The average molecular weight is 312 g/mol. The molecule has 7 heteroatoms. The summed E-state index contributed by atoms with van der Waals surface area (Å²) in [5, 5.41) is 24.0. The van der Waals surface area contributed by atoms with Crippen molar-refractivity contribution >= 4 is 11.9 Å². The van der Waals surface area contributed by atoms with E-state index >= 15 is 0 Å². The average Bonchev–Trinajstić information content (AvgIpc) is 2.49. The second-order valence-corrected chi connectivity index (χ2v) is 4.68. The summed E-state index contributed by atoms with van der Waals surface area (Å²) < 4.78 is 5.09. The summed E-state index contributed by atoms with van der Waals surface area (Å²) in [4.78, 5) is 6.48. The van der Waals surface area contributed by atoms with Crippen LogP contribution in [0.2, 0.25) is 0 Å². The van der Waals surface area contributed by atoms with Crippen molar-refractivity contribution in [2.45, 2.75) is 39.6 Å². The van der Waals surface area contributed by atoms with Crippen LogP contribution < -0.4 is 5.32 Å². The van der Waals surface area contributed by atoms with E-state index in [1.807, 2.05) is 20.9 Å². The van der Waals surface area contributed by atoms with Gasteiger partial charge in [-0.25, -0.2) is 0 Å². The molecule has 0 aliphatic rings. The minimum absolute atomic E-state index is 0.213. The number of ether oxygens (including phenoxy) is 1. The number of aliphatic hydroxyl groups excluding tert-OH is 1. The third-order valence-electron chi connectivity index (χ3n) is 2.73. The Morgan fingerprint density at radius 1 is 1.45 bits per heavy atom. The number of hydrogen-bond donors (Lipinski definition) is 3. The van der Waals surface area contributed by atoms with Gasteiger partial charge in [-0.15, -0.1) is 0 Å². The van der Waals surface area contributed by atoms with E-state index in [0.717, 1.165) is 6.42 Å². The minimum Gasteiger partial charge on any atom is -0.388 e. The van der Waals surface area contributed by atoms with E-state index in [4.69, 9.17) is 15.0 Å². The van der Waals surface area contributed by atoms with Gasteiger partial charge in [-0.1, -0.05) is 5.16 Å². The molecule has 0 aromatic heterocycles. The van der Waals surface area contributed by atoms with E-state index in [2.05, 4.69) is 10.5 Å². The summed E-state index contributed by atoms with van der Waals surface area (Å²) in [6.45, 7) is 6.79. The Bertz CT molecular complexity index is 383. The van der Waals surface area contributed by atoms with Crippen LogP contribution in [-0.2, 0) is 9.57 Å². The molecule has 0 radical (unpaired) electrons. The molecule has 0 saturated heterocycles. The monoisotopic (exact) mass is 312 g/mol. The van der Waals surface area contributed by atoms with Gasteiger partial charge in [0.15, 0.2) is 0 Å². The largest absolute Gasteiger partial charge is 0.388 e. The third kappa shape index (κ3) is 11.0. The molecule has 0 heterocycles. The summed E-state index contributed by atoms with van der Waals surface area (Å²) in [7, 11) is 1.81. The molecule has 0 amide bonds. The van der Waals surface area contributed by atoms with Crippen LogP contribution in [0.5, 0.6) is 0 Å². The molecule has 0 bridgehead atoms. The molecule has 0 fully saturated rings. The van der Waals surface area contributed by atoms with Crippen molar-refractivity contribution < 1.29 is 14.7 Å². The van der Waals surface area contributed by atoms with Gasteiger partial charge in [-0.3, -0.25) is 4.90 Å². The maximum Gasteiger partial charge on any atom is 0.215 e. The number of allylic oxidation sites excluding steroid dienone is 2. The van der Waals surface area contributed by atoms with Crippen LogP contribution >= 0.6 is 0 Å². The molecule has 0 aromatic carbocycles. The van der Waals surface area contributed by atoms with E-state index in [1.54, 1.807) is 24.1 Å². The Morgan fingerprint density at radius 3 is 2.82 bits per heavy atom. The highest BCUT2D eigenvalue weighted by atomic mass is 16.6. The van der Waals surface area contributed by atoms with E-state index < -0.39 is 6.41 Å². The topological polar surface area (TPSA) is 90.2 Å². The highest BCUT2D eigenvalue weighted by molar-refractivity contribution is 6.01. The summed E-state index contributed by atoms with van der Waals surface area (Å²) in [5.41, 5.74) is 0.301. The quantitative estimate of drug-likeness (QED) is 0.221. The molecule has 2 atom stereocenters.